The fraction of sp³-hybridized carbons (Fsp3) is 0.0556. The second-order valence-electron chi connectivity index (χ2n) is 4.72. The molecule has 1 aromatic heterocycles. The fourth-order valence-electron chi connectivity index (χ4n) is 2.50. The molecule has 0 radical (unpaired) electrons. The Labute approximate surface area is 118 Å². The van der Waals surface area contributed by atoms with Gasteiger partial charge in [0.15, 0.2) is 0 Å². The SMILES string of the molecule is Cn1cc(-c2ccccc2)c(-c2ccccc2)c1C#N. The molecule has 0 spiro atoms. The molecule has 0 bridgehead atoms. The van der Waals surface area contributed by atoms with Crippen molar-refractivity contribution in [2.45, 2.75) is 0 Å². The smallest absolute Gasteiger partial charge is 0.128 e. The molecule has 0 N–H and O–H groups in total. The Hall–Kier alpha value is -2.79. The second kappa shape index (κ2) is 5.07. The number of benzene rings is 2. The first-order chi connectivity index (χ1) is 9.81. The molecule has 20 heavy (non-hydrogen) atoms. The summed E-state index contributed by atoms with van der Waals surface area (Å²) in [4.78, 5) is 0. The van der Waals surface area contributed by atoms with Crippen LogP contribution in [0.4, 0.5) is 0 Å². The van der Waals surface area contributed by atoms with Crippen LogP contribution in [0.5, 0.6) is 0 Å². The summed E-state index contributed by atoms with van der Waals surface area (Å²) < 4.78 is 1.89. The van der Waals surface area contributed by atoms with Gasteiger partial charge in [0.25, 0.3) is 0 Å². The number of hydrogen-bond donors (Lipinski definition) is 0. The summed E-state index contributed by atoms with van der Waals surface area (Å²) in [7, 11) is 1.91. The highest BCUT2D eigenvalue weighted by Gasteiger charge is 2.16. The lowest BCUT2D eigenvalue weighted by molar-refractivity contribution is 0.909. The predicted octanol–water partition coefficient (Wildman–Crippen LogP) is 4.23. The minimum Gasteiger partial charge on any atom is -0.341 e. The Balaban J connectivity index is 2.30. The van der Waals surface area contributed by atoms with E-state index in [1.54, 1.807) is 0 Å². The highest BCUT2D eigenvalue weighted by Crippen LogP contribution is 2.35. The van der Waals surface area contributed by atoms with Gasteiger partial charge in [-0.05, 0) is 11.1 Å². The molecule has 0 aliphatic heterocycles. The third kappa shape index (κ3) is 2.00. The van der Waals surface area contributed by atoms with Crippen LogP contribution in [0.25, 0.3) is 22.3 Å². The van der Waals surface area contributed by atoms with Gasteiger partial charge in [-0.25, -0.2) is 0 Å². The molecular weight excluding hydrogens is 244 g/mol. The molecule has 0 atom stereocenters. The zero-order chi connectivity index (χ0) is 13.9. The summed E-state index contributed by atoms with van der Waals surface area (Å²) in [6.07, 6.45) is 2.02. The quantitative estimate of drug-likeness (QED) is 0.676. The van der Waals surface area contributed by atoms with Gasteiger partial charge in [0, 0.05) is 24.4 Å². The minimum absolute atomic E-state index is 0.690. The number of hydrogen-bond acceptors (Lipinski definition) is 1. The van der Waals surface area contributed by atoms with Gasteiger partial charge in [0.1, 0.15) is 11.8 Å². The van der Waals surface area contributed by atoms with E-state index in [1.807, 2.05) is 66.3 Å². The van der Waals surface area contributed by atoms with E-state index < -0.39 is 0 Å². The predicted molar refractivity (Wildman–Crippen MR) is 81.0 cm³/mol. The zero-order valence-corrected chi connectivity index (χ0v) is 11.2. The van der Waals surface area contributed by atoms with Gasteiger partial charge >= 0.3 is 0 Å². The molecule has 2 heteroatoms. The van der Waals surface area contributed by atoms with Crippen LogP contribution in [0, 0.1) is 11.3 Å². The number of nitrogens with zero attached hydrogens (tertiary/aromatic N) is 2. The highest BCUT2D eigenvalue weighted by molar-refractivity contribution is 5.87. The number of rotatable bonds is 2. The van der Waals surface area contributed by atoms with Crippen molar-refractivity contribution < 1.29 is 0 Å². The molecular formula is C18H14N2. The van der Waals surface area contributed by atoms with Crippen molar-refractivity contribution in [2.24, 2.45) is 7.05 Å². The molecule has 0 fully saturated rings. The fourth-order valence-corrected chi connectivity index (χ4v) is 2.50. The first-order valence-electron chi connectivity index (χ1n) is 6.51. The van der Waals surface area contributed by atoms with Crippen LogP contribution in [-0.4, -0.2) is 4.57 Å². The van der Waals surface area contributed by atoms with E-state index in [0.29, 0.717) is 5.69 Å². The molecule has 0 aliphatic rings. The number of aryl methyl sites for hydroxylation is 1. The third-order valence-electron chi connectivity index (χ3n) is 3.43. The maximum atomic E-state index is 9.45. The largest absolute Gasteiger partial charge is 0.341 e. The number of nitriles is 1. The van der Waals surface area contributed by atoms with Crippen molar-refractivity contribution in [3.05, 3.63) is 72.6 Å². The monoisotopic (exact) mass is 258 g/mol. The van der Waals surface area contributed by atoms with Crippen LogP contribution < -0.4 is 0 Å². The Morgan fingerprint density at radius 2 is 1.40 bits per heavy atom. The zero-order valence-electron chi connectivity index (χ0n) is 11.2. The van der Waals surface area contributed by atoms with Crippen molar-refractivity contribution in [2.75, 3.05) is 0 Å². The van der Waals surface area contributed by atoms with Crippen molar-refractivity contribution in [3.63, 3.8) is 0 Å². The van der Waals surface area contributed by atoms with E-state index >= 15 is 0 Å². The van der Waals surface area contributed by atoms with Crippen molar-refractivity contribution in [1.29, 1.82) is 5.26 Å². The summed E-state index contributed by atoms with van der Waals surface area (Å²) >= 11 is 0. The molecule has 0 amide bonds. The lowest BCUT2D eigenvalue weighted by Crippen LogP contribution is -1.90. The summed E-state index contributed by atoms with van der Waals surface area (Å²) in [5, 5.41) is 9.45. The number of aromatic nitrogens is 1. The van der Waals surface area contributed by atoms with Gasteiger partial charge in [-0.3, -0.25) is 0 Å². The Bertz CT molecular complexity index is 762. The molecule has 3 rings (SSSR count). The third-order valence-corrected chi connectivity index (χ3v) is 3.43. The molecule has 0 unspecified atom stereocenters. The highest BCUT2D eigenvalue weighted by atomic mass is 14.9. The summed E-state index contributed by atoms with van der Waals surface area (Å²) in [5.74, 6) is 0. The van der Waals surface area contributed by atoms with E-state index in [0.717, 1.165) is 22.3 Å². The molecule has 1 heterocycles. The van der Waals surface area contributed by atoms with Gasteiger partial charge in [0.05, 0.1) is 0 Å². The van der Waals surface area contributed by atoms with Gasteiger partial charge in [-0.1, -0.05) is 60.7 Å². The van der Waals surface area contributed by atoms with Gasteiger partial charge in [-0.15, -0.1) is 0 Å². The van der Waals surface area contributed by atoms with E-state index in [1.165, 1.54) is 0 Å². The van der Waals surface area contributed by atoms with E-state index in [2.05, 4.69) is 18.2 Å². The summed E-state index contributed by atoms with van der Waals surface area (Å²) in [6.45, 7) is 0. The van der Waals surface area contributed by atoms with Crippen LogP contribution >= 0.6 is 0 Å². The first-order valence-corrected chi connectivity index (χ1v) is 6.51. The molecule has 0 saturated heterocycles. The molecule has 2 aromatic carbocycles. The Kier molecular flexibility index (Phi) is 3.10. The van der Waals surface area contributed by atoms with Gasteiger partial charge < -0.3 is 4.57 Å². The van der Waals surface area contributed by atoms with E-state index in [-0.39, 0.29) is 0 Å². The van der Waals surface area contributed by atoms with Gasteiger partial charge in [0.2, 0.25) is 0 Å². The second-order valence-corrected chi connectivity index (χ2v) is 4.72. The normalized spacial score (nSPS) is 10.2. The van der Waals surface area contributed by atoms with E-state index in [9.17, 15) is 5.26 Å². The lowest BCUT2D eigenvalue weighted by Gasteiger charge is -2.05. The minimum atomic E-state index is 0.690. The molecule has 0 aliphatic carbocycles. The van der Waals surface area contributed by atoms with Crippen LogP contribution in [-0.2, 0) is 7.05 Å². The van der Waals surface area contributed by atoms with E-state index in [4.69, 9.17) is 0 Å². The maximum absolute atomic E-state index is 9.45. The summed E-state index contributed by atoms with van der Waals surface area (Å²) in [5.41, 5.74) is 4.99. The standard InChI is InChI=1S/C18H14N2/c1-20-13-16(14-8-4-2-5-9-14)18(17(20)12-19)15-10-6-3-7-11-15/h2-11,13H,1H3. The maximum Gasteiger partial charge on any atom is 0.128 e. The van der Waals surface area contributed by atoms with Crippen molar-refractivity contribution >= 4 is 0 Å². The van der Waals surface area contributed by atoms with Crippen LogP contribution in [0.2, 0.25) is 0 Å². The summed E-state index contributed by atoms with van der Waals surface area (Å²) in [6, 6.07) is 22.6. The van der Waals surface area contributed by atoms with Gasteiger partial charge in [-0.2, -0.15) is 5.26 Å². The average molecular weight is 258 g/mol. The molecule has 3 aromatic rings. The average Bonchev–Trinajstić information content (AvgIpc) is 2.85. The van der Waals surface area contributed by atoms with Crippen LogP contribution in [0.1, 0.15) is 5.69 Å². The Morgan fingerprint density at radius 1 is 0.850 bits per heavy atom. The topological polar surface area (TPSA) is 28.7 Å². The van der Waals surface area contributed by atoms with Crippen LogP contribution in [0.3, 0.4) is 0 Å². The van der Waals surface area contributed by atoms with Crippen molar-refractivity contribution in [1.82, 2.24) is 4.57 Å². The molecule has 0 saturated carbocycles. The van der Waals surface area contributed by atoms with Crippen LogP contribution in [0.15, 0.2) is 66.9 Å². The Morgan fingerprint density at radius 3 is 1.95 bits per heavy atom. The first kappa shape index (κ1) is 12.3. The van der Waals surface area contributed by atoms with Crippen molar-refractivity contribution in [3.8, 4) is 28.3 Å². The lowest BCUT2D eigenvalue weighted by atomic mass is 9.97. The molecule has 2 nitrogen and oxygen atoms in total. The molecule has 96 valence electrons.